The van der Waals surface area contributed by atoms with Gasteiger partial charge in [0.05, 0.1) is 17.8 Å². The predicted molar refractivity (Wildman–Crippen MR) is 115 cm³/mol. The Kier molecular flexibility index (Phi) is 3.76. The first-order chi connectivity index (χ1) is 16.5. The van der Waals surface area contributed by atoms with E-state index in [1.807, 2.05) is 0 Å². The molecule has 2 fully saturated rings. The Balaban J connectivity index is 1.66. The minimum atomic E-state index is -4.41. The molecule has 9 nitrogen and oxygen atoms in total. The van der Waals surface area contributed by atoms with Gasteiger partial charge in [-0.05, 0) is 51.9 Å². The average Bonchev–Trinajstić information content (AvgIpc) is 3.10. The normalized spacial score (nSPS) is 30.1. The van der Waals surface area contributed by atoms with Crippen LogP contribution < -0.4 is 10.9 Å². The molecule has 10 heteroatoms. The SMILES string of the molecule is [2H]C([2H])([2H])c1cc2cnc(NC3CCN(S(=O)(=O)C([2H])([2H])[2H])CC3)nc2n([C@@H]2CCC[C@@]2(C)O)c1=O. The van der Waals surface area contributed by atoms with Crippen LogP contribution in [0.1, 0.15) is 58.9 Å². The molecule has 0 aromatic carbocycles. The average molecular weight is 442 g/mol. The fraction of sp³-hybridized carbons (Fsp3) is 0.650. The number of fused-ring (bicyclic) bond motifs is 1. The molecular weight excluding hydrogens is 406 g/mol. The molecule has 1 aliphatic heterocycles. The van der Waals surface area contributed by atoms with Gasteiger partial charge in [-0.2, -0.15) is 4.98 Å². The van der Waals surface area contributed by atoms with Gasteiger partial charge in [0, 0.05) is 44.5 Å². The zero-order chi connectivity index (χ0) is 26.7. The van der Waals surface area contributed by atoms with Crippen LogP contribution in [0.4, 0.5) is 5.95 Å². The molecule has 2 N–H and O–H groups in total. The fourth-order valence-electron chi connectivity index (χ4n) is 4.44. The molecule has 164 valence electrons. The third-order valence-electron chi connectivity index (χ3n) is 6.09. The van der Waals surface area contributed by atoms with Gasteiger partial charge in [0.1, 0.15) is 5.65 Å². The minimum absolute atomic E-state index is 0.0174. The van der Waals surface area contributed by atoms with Gasteiger partial charge in [-0.1, -0.05) is 0 Å². The van der Waals surface area contributed by atoms with E-state index < -0.39 is 40.3 Å². The highest BCUT2D eigenvalue weighted by atomic mass is 32.2. The summed E-state index contributed by atoms with van der Waals surface area (Å²) in [6.07, 6.45) is 0.531. The zero-order valence-electron chi connectivity index (χ0n) is 22.6. The van der Waals surface area contributed by atoms with Crippen molar-refractivity contribution in [3.05, 3.63) is 28.2 Å². The number of anilines is 1. The summed E-state index contributed by atoms with van der Waals surface area (Å²) in [5, 5.41) is 14.4. The van der Waals surface area contributed by atoms with E-state index in [1.165, 1.54) is 16.8 Å². The molecule has 0 bridgehead atoms. The number of aliphatic hydroxyl groups is 1. The van der Waals surface area contributed by atoms with E-state index in [0.29, 0.717) is 37.5 Å². The van der Waals surface area contributed by atoms with Crippen molar-refractivity contribution in [3.63, 3.8) is 0 Å². The summed E-state index contributed by atoms with van der Waals surface area (Å²) >= 11 is 0. The Bertz CT molecular complexity index is 1320. The van der Waals surface area contributed by atoms with Gasteiger partial charge in [-0.25, -0.2) is 17.7 Å². The summed E-state index contributed by atoms with van der Waals surface area (Å²) in [6.45, 7) is -1.00. The number of hydrogen-bond donors (Lipinski definition) is 2. The van der Waals surface area contributed by atoms with Crippen molar-refractivity contribution in [1.29, 1.82) is 0 Å². The Morgan fingerprint density at radius 1 is 1.33 bits per heavy atom. The van der Waals surface area contributed by atoms with E-state index in [-0.39, 0.29) is 36.3 Å². The van der Waals surface area contributed by atoms with E-state index >= 15 is 0 Å². The van der Waals surface area contributed by atoms with E-state index in [0.717, 1.165) is 4.31 Å². The molecule has 2 aromatic heterocycles. The lowest BCUT2D eigenvalue weighted by Gasteiger charge is -2.31. The number of nitrogens with one attached hydrogen (secondary N) is 1. The summed E-state index contributed by atoms with van der Waals surface area (Å²) in [6, 6.07) is 0.347. The summed E-state index contributed by atoms with van der Waals surface area (Å²) in [7, 11) is -4.41. The molecule has 0 unspecified atom stereocenters. The number of aryl methyl sites for hydroxylation is 1. The number of pyridine rings is 1. The molecule has 2 atom stereocenters. The van der Waals surface area contributed by atoms with Gasteiger partial charge in [-0.15, -0.1) is 0 Å². The molecule has 0 amide bonds. The summed E-state index contributed by atoms with van der Waals surface area (Å²) in [4.78, 5) is 22.1. The molecule has 30 heavy (non-hydrogen) atoms. The van der Waals surface area contributed by atoms with Crippen molar-refractivity contribution in [2.24, 2.45) is 0 Å². The van der Waals surface area contributed by atoms with Gasteiger partial charge in [0.25, 0.3) is 5.56 Å². The monoisotopic (exact) mass is 441 g/mol. The maximum absolute atomic E-state index is 13.3. The third-order valence-corrected chi connectivity index (χ3v) is 7.14. The lowest BCUT2D eigenvalue weighted by atomic mass is 9.99. The quantitative estimate of drug-likeness (QED) is 0.737. The highest BCUT2D eigenvalue weighted by Gasteiger charge is 2.39. The lowest BCUT2D eigenvalue weighted by Crippen LogP contribution is -2.42. The van der Waals surface area contributed by atoms with Crippen LogP contribution in [-0.4, -0.2) is 63.3 Å². The largest absolute Gasteiger partial charge is 0.388 e. The van der Waals surface area contributed by atoms with E-state index in [4.69, 9.17) is 8.22 Å². The highest BCUT2D eigenvalue weighted by molar-refractivity contribution is 7.88. The molecule has 3 heterocycles. The highest BCUT2D eigenvalue weighted by Crippen LogP contribution is 2.39. The number of nitrogens with zero attached hydrogens (tertiary/aromatic N) is 4. The van der Waals surface area contributed by atoms with Crippen molar-refractivity contribution in [1.82, 2.24) is 18.8 Å². The Morgan fingerprint density at radius 3 is 2.73 bits per heavy atom. The van der Waals surface area contributed by atoms with Crippen LogP contribution >= 0.6 is 0 Å². The van der Waals surface area contributed by atoms with Crippen LogP contribution in [0.25, 0.3) is 11.0 Å². The van der Waals surface area contributed by atoms with E-state index in [9.17, 15) is 18.3 Å². The first-order valence-corrected chi connectivity index (χ1v) is 11.4. The topological polar surface area (TPSA) is 117 Å². The molecule has 2 aromatic rings. The van der Waals surface area contributed by atoms with Crippen LogP contribution in [0.15, 0.2) is 17.1 Å². The summed E-state index contributed by atoms with van der Waals surface area (Å²) < 4.78 is 71.7. The van der Waals surface area contributed by atoms with Crippen LogP contribution in [0.5, 0.6) is 0 Å². The van der Waals surface area contributed by atoms with Gasteiger partial charge in [0.15, 0.2) is 0 Å². The second kappa shape index (κ2) is 7.58. The molecule has 1 saturated carbocycles. The van der Waals surface area contributed by atoms with Crippen LogP contribution in [0.3, 0.4) is 0 Å². The van der Waals surface area contributed by atoms with Crippen LogP contribution in [0.2, 0.25) is 0 Å². The van der Waals surface area contributed by atoms with Crippen LogP contribution in [-0.2, 0) is 10.0 Å². The first-order valence-electron chi connectivity index (χ1n) is 12.9. The Morgan fingerprint density at radius 2 is 2.10 bits per heavy atom. The lowest BCUT2D eigenvalue weighted by molar-refractivity contribution is 0.0266. The molecule has 0 radical (unpaired) electrons. The third kappa shape index (κ3) is 3.95. The molecule has 2 aliphatic rings. The summed E-state index contributed by atoms with van der Waals surface area (Å²) in [5.74, 6) is 0.159. The molecule has 1 saturated heterocycles. The van der Waals surface area contributed by atoms with Gasteiger partial charge < -0.3 is 10.4 Å². The number of aromatic nitrogens is 3. The van der Waals surface area contributed by atoms with Crippen molar-refractivity contribution in [2.75, 3.05) is 24.6 Å². The van der Waals surface area contributed by atoms with Crippen molar-refractivity contribution in [2.45, 2.75) is 63.6 Å². The second-order valence-corrected chi connectivity index (χ2v) is 9.76. The minimum Gasteiger partial charge on any atom is -0.388 e. The molecule has 1 aliphatic carbocycles. The first kappa shape index (κ1) is 14.9. The van der Waals surface area contributed by atoms with Crippen molar-refractivity contribution >= 4 is 27.0 Å². The van der Waals surface area contributed by atoms with Crippen molar-refractivity contribution < 1.29 is 21.7 Å². The smallest absolute Gasteiger partial charge is 0.255 e. The summed E-state index contributed by atoms with van der Waals surface area (Å²) in [5.41, 5.74) is -2.13. The maximum atomic E-state index is 13.3. The number of rotatable bonds is 4. The van der Waals surface area contributed by atoms with Crippen LogP contribution in [0, 0.1) is 6.85 Å². The number of piperidine rings is 1. The van der Waals surface area contributed by atoms with Gasteiger partial charge in [0.2, 0.25) is 16.0 Å². The maximum Gasteiger partial charge on any atom is 0.255 e. The van der Waals surface area contributed by atoms with E-state index in [2.05, 4.69) is 15.3 Å². The fourth-order valence-corrected chi connectivity index (χ4v) is 5.13. The predicted octanol–water partition coefficient (Wildman–Crippen LogP) is 1.41. The van der Waals surface area contributed by atoms with Gasteiger partial charge in [-0.3, -0.25) is 9.36 Å². The number of hydrogen-bond acceptors (Lipinski definition) is 7. The van der Waals surface area contributed by atoms with Crippen molar-refractivity contribution in [3.8, 4) is 0 Å². The zero-order valence-corrected chi connectivity index (χ0v) is 17.4. The standard InChI is InChI=1S/C20H29N5O4S/c1-13-11-14-12-21-19(22-15-6-9-24(10-7-15)30(3,28)29)23-17(14)25(18(13)26)16-5-4-8-20(16,2)27/h11-12,15-16,27H,4-10H2,1-3H3,(H,21,22,23)/t16-,20-/m1/s1/i1D3,3D3. The van der Waals surface area contributed by atoms with Gasteiger partial charge >= 0.3 is 0 Å². The Hall–Kier alpha value is -2.04. The van der Waals surface area contributed by atoms with E-state index in [1.54, 1.807) is 6.92 Å². The second-order valence-electron chi connectivity index (χ2n) is 8.29. The Labute approximate surface area is 184 Å². The molecular formula is C20H29N5O4S. The molecule has 0 spiro atoms. The number of sulfonamides is 1. The molecule has 4 rings (SSSR count).